The Labute approximate surface area is 292 Å². The fourth-order valence-electron chi connectivity index (χ4n) is 5.38. The number of carboxylic acid groups (broad SMARTS) is 1. The van der Waals surface area contributed by atoms with E-state index < -0.39 is 24.5 Å². The third kappa shape index (κ3) is 30.6. The van der Waals surface area contributed by atoms with Crippen molar-refractivity contribution in [1.82, 2.24) is 10.6 Å². The normalized spacial score (nSPS) is 12.7. The Balaban J connectivity index is 4.32. The molecule has 0 aromatic carbocycles. The summed E-state index contributed by atoms with van der Waals surface area (Å²) < 4.78 is 5.88. The number of aliphatic hydroxyl groups is 1. The van der Waals surface area contributed by atoms with E-state index in [1.54, 1.807) is 0 Å². The molecule has 9 nitrogen and oxygen atoms in total. The molecule has 0 aromatic rings. The lowest BCUT2D eigenvalue weighted by molar-refractivity contribution is -0.147. The number of carbonyl (C=O) groups excluding carboxylic acids is 3. The van der Waals surface area contributed by atoms with Gasteiger partial charge >= 0.3 is 11.9 Å². The zero-order chi connectivity index (χ0) is 35.5. The molecule has 2 atom stereocenters. The summed E-state index contributed by atoms with van der Waals surface area (Å²) >= 11 is 0. The van der Waals surface area contributed by atoms with Gasteiger partial charge in [-0.15, -0.1) is 0 Å². The van der Waals surface area contributed by atoms with Crippen LogP contribution in [0.15, 0.2) is 24.3 Å². The Hall–Kier alpha value is -2.68. The second-order valence-electron chi connectivity index (χ2n) is 13.0. The molecule has 0 aliphatic heterocycles. The number of allylic oxidation sites excluding steroid dienone is 3. The van der Waals surface area contributed by atoms with Gasteiger partial charge in [-0.3, -0.25) is 14.4 Å². The Kier molecular flexibility index (Phi) is 32.3. The van der Waals surface area contributed by atoms with Crippen molar-refractivity contribution in [3.63, 3.8) is 0 Å². The van der Waals surface area contributed by atoms with Crippen LogP contribution in [0, 0.1) is 0 Å². The van der Waals surface area contributed by atoms with Gasteiger partial charge in [0.25, 0.3) is 0 Å². The molecular formula is C39H70N2O7. The first-order valence-corrected chi connectivity index (χ1v) is 19.2. The second kappa shape index (κ2) is 34.2. The van der Waals surface area contributed by atoms with Crippen molar-refractivity contribution in [2.75, 3.05) is 13.2 Å². The number of carbonyl (C=O) groups is 4. The van der Waals surface area contributed by atoms with Crippen LogP contribution in [0.5, 0.6) is 0 Å². The highest BCUT2D eigenvalue weighted by molar-refractivity contribution is 5.87. The van der Waals surface area contributed by atoms with Crippen LogP contribution in [0.25, 0.3) is 0 Å². The van der Waals surface area contributed by atoms with Crippen LogP contribution in [0.2, 0.25) is 0 Å². The van der Waals surface area contributed by atoms with Gasteiger partial charge in [0.15, 0.2) is 0 Å². The van der Waals surface area contributed by atoms with E-state index in [0.717, 1.165) is 64.2 Å². The number of carboxylic acids is 1. The predicted octanol–water partition coefficient (Wildman–Crippen LogP) is 8.48. The van der Waals surface area contributed by atoms with Crippen molar-refractivity contribution in [2.24, 2.45) is 0 Å². The Morgan fingerprint density at radius 2 is 1.12 bits per heavy atom. The first-order valence-electron chi connectivity index (χ1n) is 19.2. The summed E-state index contributed by atoms with van der Waals surface area (Å²) in [7, 11) is 0. The monoisotopic (exact) mass is 679 g/mol. The maximum Gasteiger partial charge on any atom is 0.328 e. The van der Waals surface area contributed by atoms with Gasteiger partial charge in [-0.1, -0.05) is 116 Å². The molecule has 48 heavy (non-hydrogen) atoms. The average Bonchev–Trinajstić information content (AvgIpc) is 3.07. The molecule has 0 heterocycles. The molecule has 0 saturated heterocycles. The summed E-state index contributed by atoms with van der Waals surface area (Å²) in [4.78, 5) is 47.3. The SMILES string of the molecule is CCCCCC/C=C\CCCCCCCC(=O)OC(/C=C\CCCCCCCC)CCCCCCC(=O)NCC(=O)NC(CO)C(=O)O. The number of ether oxygens (including phenoxy) is 1. The van der Waals surface area contributed by atoms with Gasteiger partial charge in [-0.05, 0) is 70.3 Å². The largest absolute Gasteiger partial charge is 0.480 e. The Morgan fingerprint density at radius 1 is 0.625 bits per heavy atom. The minimum absolute atomic E-state index is 0.121. The van der Waals surface area contributed by atoms with E-state index in [1.165, 1.54) is 77.0 Å². The number of rotatable bonds is 34. The van der Waals surface area contributed by atoms with Crippen molar-refractivity contribution >= 4 is 23.8 Å². The van der Waals surface area contributed by atoms with Crippen LogP contribution in [-0.2, 0) is 23.9 Å². The molecule has 0 spiro atoms. The standard InChI is InChI=1S/C39H70N2O7/c1-3-5-7-9-11-13-14-15-16-17-19-21-27-31-38(45)48-34(28-24-20-18-12-10-8-6-4-2)29-25-22-23-26-30-36(43)40-32-37(44)41-35(33-42)39(46)47/h13-14,24,28,34-35,42H,3-12,15-23,25-27,29-33H2,1-2H3,(H,40,43)(H,41,44)(H,46,47)/b14-13-,28-24-. The lowest BCUT2D eigenvalue weighted by atomic mass is 10.1. The average molecular weight is 679 g/mol. The number of unbranched alkanes of at least 4 members (excludes halogenated alkanes) is 18. The highest BCUT2D eigenvalue weighted by Crippen LogP contribution is 2.15. The first kappa shape index (κ1) is 45.3. The molecular weight excluding hydrogens is 608 g/mol. The predicted molar refractivity (Wildman–Crippen MR) is 195 cm³/mol. The lowest BCUT2D eigenvalue weighted by Gasteiger charge is -2.15. The number of amides is 2. The molecule has 0 fully saturated rings. The van der Waals surface area contributed by atoms with Crippen molar-refractivity contribution in [3.05, 3.63) is 24.3 Å². The second-order valence-corrected chi connectivity index (χ2v) is 13.0. The minimum atomic E-state index is -1.39. The molecule has 0 rings (SSSR count). The van der Waals surface area contributed by atoms with E-state index in [0.29, 0.717) is 12.8 Å². The maximum atomic E-state index is 12.6. The molecule has 0 bridgehead atoms. The van der Waals surface area contributed by atoms with Crippen LogP contribution in [0.4, 0.5) is 0 Å². The lowest BCUT2D eigenvalue weighted by Crippen LogP contribution is -2.47. The Bertz CT molecular complexity index is 874. The third-order valence-corrected chi connectivity index (χ3v) is 8.41. The molecule has 0 aliphatic carbocycles. The van der Waals surface area contributed by atoms with Crippen LogP contribution < -0.4 is 10.6 Å². The topological polar surface area (TPSA) is 142 Å². The first-order chi connectivity index (χ1) is 23.3. The van der Waals surface area contributed by atoms with Crippen molar-refractivity contribution < 1.29 is 34.1 Å². The zero-order valence-corrected chi connectivity index (χ0v) is 30.5. The molecule has 0 saturated carbocycles. The van der Waals surface area contributed by atoms with Crippen molar-refractivity contribution in [3.8, 4) is 0 Å². The van der Waals surface area contributed by atoms with E-state index in [2.05, 4.69) is 48.8 Å². The van der Waals surface area contributed by atoms with Crippen molar-refractivity contribution in [2.45, 2.75) is 187 Å². The van der Waals surface area contributed by atoms with Crippen molar-refractivity contribution in [1.29, 1.82) is 0 Å². The third-order valence-electron chi connectivity index (χ3n) is 8.41. The van der Waals surface area contributed by atoms with Crippen LogP contribution in [0.3, 0.4) is 0 Å². The summed E-state index contributed by atoms with van der Waals surface area (Å²) in [6.45, 7) is 3.41. The molecule has 278 valence electrons. The molecule has 2 unspecified atom stereocenters. The smallest absolute Gasteiger partial charge is 0.328 e. The molecule has 4 N–H and O–H groups in total. The minimum Gasteiger partial charge on any atom is -0.480 e. The van der Waals surface area contributed by atoms with Crippen LogP contribution >= 0.6 is 0 Å². The summed E-state index contributed by atoms with van der Waals surface area (Å²) in [5.41, 5.74) is 0. The van der Waals surface area contributed by atoms with E-state index in [1.807, 2.05) is 0 Å². The fraction of sp³-hybridized carbons (Fsp3) is 0.795. The number of nitrogens with one attached hydrogen (secondary N) is 2. The number of aliphatic hydroxyl groups excluding tert-OH is 1. The zero-order valence-electron chi connectivity index (χ0n) is 30.5. The molecule has 9 heteroatoms. The molecule has 0 aromatic heterocycles. The van der Waals surface area contributed by atoms with Crippen LogP contribution in [0.1, 0.15) is 174 Å². The van der Waals surface area contributed by atoms with Gasteiger partial charge in [0.2, 0.25) is 11.8 Å². The van der Waals surface area contributed by atoms with E-state index in [9.17, 15) is 19.2 Å². The van der Waals surface area contributed by atoms with E-state index >= 15 is 0 Å². The number of aliphatic carboxylic acids is 1. The highest BCUT2D eigenvalue weighted by Gasteiger charge is 2.18. The number of esters is 1. The maximum absolute atomic E-state index is 12.6. The number of hydrogen-bond acceptors (Lipinski definition) is 6. The van der Waals surface area contributed by atoms with Gasteiger partial charge in [-0.25, -0.2) is 4.79 Å². The molecule has 2 amide bonds. The fourth-order valence-corrected chi connectivity index (χ4v) is 5.38. The van der Waals surface area contributed by atoms with E-state index in [-0.39, 0.29) is 30.9 Å². The van der Waals surface area contributed by atoms with Gasteiger partial charge < -0.3 is 25.6 Å². The number of hydrogen-bond donors (Lipinski definition) is 4. The highest BCUT2D eigenvalue weighted by atomic mass is 16.5. The summed E-state index contributed by atoms with van der Waals surface area (Å²) in [5.74, 6) is -2.41. The van der Waals surface area contributed by atoms with Crippen LogP contribution in [-0.4, -0.2) is 59.3 Å². The van der Waals surface area contributed by atoms with Gasteiger partial charge in [0, 0.05) is 12.8 Å². The molecule has 0 aliphatic rings. The summed E-state index contributed by atoms with van der Waals surface area (Å²) in [5, 5.41) is 22.5. The molecule has 0 radical (unpaired) electrons. The van der Waals surface area contributed by atoms with Gasteiger partial charge in [0.1, 0.15) is 12.1 Å². The summed E-state index contributed by atoms with van der Waals surface area (Å²) in [6, 6.07) is -1.39. The quantitative estimate of drug-likeness (QED) is 0.0304. The Morgan fingerprint density at radius 3 is 1.71 bits per heavy atom. The van der Waals surface area contributed by atoms with E-state index in [4.69, 9.17) is 14.9 Å². The van der Waals surface area contributed by atoms with Gasteiger partial charge in [-0.2, -0.15) is 0 Å². The summed E-state index contributed by atoms with van der Waals surface area (Å²) in [6.07, 6.45) is 35.0. The van der Waals surface area contributed by atoms with Gasteiger partial charge in [0.05, 0.1) is 13.2 Å².